The molecule has 13 heavy (non-hydrogen) atoms. The van der Waals surface area contributed by atoms with E-state index < -0.39 is 0 Å². The highest BCUT2D eigenvalue weighted by Gasteiger charge is 2.24. The van der Waals surface area contributed by atoms with Gasteiger partial charge in [-0.05, 0) is 13.3 Å². The Morgan fingerprint density at radius 3 is 3.15 bits per heavy atom. The Kier molecular flexibility index (Phi) is 2.71. The molecule has 2 heterocycles. The zero-order chi connectivity index (χ0) is 9.26. The lowest BCUT2D eigenvalue weighted by molar-refractivity contribution is 0.121. The molecule has 1 aliphatic rings. The highest BCUT2D eigenvalue weighted by atomic mass is 35.5. The molecule has 0 amide bonds. The first-order chi connectivity index (χ1) is 6.25. The van der Waals surface area contributed by atoms with Gasteiger partial charge in [-0.3, -0.25) is 0 Å². The molecular formula is C8H11ClN2OS. The van der Waals surface area contributed by atoms with Crippen molar-refractivity contribution in [3.8, 4) is 0 Å². The third-order valence-corrected chi connectivity index (χ3v) is 3.26. The number of anilines is 1. The predicted molar refractivity (Wildman–Crippen MR) is 54.6 cm³/mol. The van der Waals surface area contributed by atoms with Gasteiger partial charge in [0.05, 0.1) is 12.1 Å². The molecule has 2 atom stereocenters. The Labute approximate surface area is 86.1 Å². The van der Waals surface area contributed by atoms with Gasteiger partial charge in [-0.2, -0.15) is 0 Å². The van der Waals surface area contributed by atoms with Crippen molar-refractivity contribution < 1.29 is 4.74 Å². The van der Waals surface area contributed by atoms with Crippen LogP contribution in [0.4, 0.5) is 5.13 Å². The molecule has 1 N–H and O–H groups in total. The Morgan fingerprint density at radius 2 is 2.62 bits per heavy atom. The molecule has 0 saturated carbocycles. The summed E-state index contributed by atoms with van der Waals surface area (Å²) < 4.78 is 5.43. The fourth-order valence-corrected chi connectivity index (χ4v) is 2.30. The molecule has 1 aromatic heterocycles. The third kappa shape index (κ3) is 2.13. The van der Waals surface area contributed by atoms with Crippen molar-refractivity contribution in [3.05, 3.63) is 10.5 Å². The van der Waals surface area contributed by atoms with Gasteiger partial charge in [0.1, 0.15) is 5.15 Å². The van der Waals surface area contributed by atoms with Crippen LogP contribution >= 0.6 is 22.9 Å². The molecule has 1 saturated heterocycles. The maximum atomic E-state index is 5.71. The van der Waals surface area contributed by atoms with Crippen molar-refractivity contribution in [2.45, 2.75) is 25.5 Å². The predicted octanol–water partition coefficient (Wildman–Crippen LogP) is 2.39. The van der Waals surface area contributed by atoms with Crippen LogP contribution in [0, 0.1) is 0 Å². The molecule has 0 aromatic carbocycles. The number of nitrogens with one attached hydrogen (secondary N) is 1. The molecule has 5 heteroatoms. The first kappa shape index (κ1) is 9.24. The molecule has 3 nitrogen and oxygen atoms in total. The van der Waals surface area contributed by atoms with Crippen LogP contribution in [0.5, 0.6) is 0 Å². The summed E-state index contributed by atoms with van der Waals surface area (Å²) in [6, 6.07) is 0.377. The summed E-state index contributed by atoms with van der Waals surface area (Å²) in [5.74, 6) is 0. The first-order valence-electron chi connectivity index (χ1n) is 4.25. The van der Waals surface area contributed by atoms with Gasteiger partial charge in [-0.25, -0.2) is 4.98 Å². The van der Waals surface area contributed by atoms with E-state index in [1.165, 1.54) is 11.3 Å². The average Bonchev–Trinajstić information content (AvgIpc) is 2.64. The van der Waals surface area contributed by atoms with Crippen LogP contribution in [-0.4, -0.2) is 23.7 Å². The normalized spacial score (nSPS) is 27.8. The maximum absolute atomic E-state index is 5.71. The summed E-state index contributed by atoms with van der Waals surface area (Å²) >= 11 is 7.24. The van der Waals surface area contributed by atoms with Gasteiger partial charge in [-0.15, -0.1) is 11.3 Å². The van der Waals surface area contributed by atoms with E-state index in [1.807, 2.05) is 5.38 Å². The smallest absolute Gasteiger partial charge is 0.184 e. The van der Waals surface area contributed by atoms with Gasteiger partial charge >= 0.3 is 0 Å². The minimum Gasteiger partial charge on any atom is -0.376 e. The fraction of sp³-hybridized carbons (Fsp3) is 0.625. The quantitative estimate of drug-likeness (QED) is 0.828. The molecule has 2 rings (SSSR count). The topological polar surface area (TPSA) is 34.1 Å². The molecule has 0 aliphatic carbocycles. The summed E-state index contributed by atoms with van der Waals surface area (Å²) in [5, 5.41) is 6.57. The van der Waals surface area contributed by atoms with E-state index in [0.29, 0.717) is 11.2 Å². The van der Waals surface area contributed by atoms with E-state index in [1.54, 1.807) is 0 Å². The minimum absolute atomic E-state index is 0.266. The van der Waals surface area contributed by atoms with E-state index >= 15 is 0 Å². The number of rotatable bonds is 2. The number of ether oxygens (including phenoxy) is 1. The Morgan fingerprint density at radius 1 is 1.77 bits per heavy atom. The van der Waals surface area contributed by atoms with Crippen LogP contribution < -0.4 is 5.32 Å². The zero-order valence-electron chi connectivity index (χ0n) is 7.29. The lowest BCUT2D eigenvalue weighted by Crippen LogP contribution is -2.26. The molecule has 1 aromatic rings. The third-order valence-electron chi connectivity index (χ3n) is 2.16. The average molecular weight is 219 g/mol. The summed E-state index contributed by atoms with van der Waals surface area (Å²) in [5.41, 5.74) is 0. The second kappa shape index (κ2) is 3.82. The number of thiazole rings is 1. The fourth-order valence-electron chi connectivity index (χ4n) is 1.40. The van der Waals surface area contributed by atoms with Crippen molar-refractivity contribution in [3.63, 3.8) is 0 Å². The van der Waals surface area contributed by atoms with Crippen LogP contribution in [-0.2, 0) is 4.74 Å². The Bertz CT molecular complexity index is 291. The van der Waals surface area contributed by atoms with E-state index in [-0.39, 0.29) is 6.10 Å². The lowest BCUT2D eigenvalue weighted by atomic mass is 10.2. The molecule has 1 aliphatic heterocycles. The van der Waals surface area contributed by atoms with Crippen LogP contribution in [0.2, 0.25) is 5.15 Å². The standard InChI is InChI=1S/C8H11ClN2OS/c1-5-6(2-3-12-5)10-8-11-7(9)4-13-8/h4-6H,2-3H2,1H3,(H,10,11). The highest BCUT2D eigenvalue weighted by molar-refractivity contribution is 7.14. The van der Waals surface area contributed by atoms with E-state index in [9.17, 15) is 0 Å². The van der Waals surface area contributed by atoms with Gasteiger partial charge in [0.15, 0.2) is 5.13 Å². The molecule has 0 radical (unpaired) electrons. The lowest BCUT2D eigenvalue weighted by Gasteiger charge is -2.14. The Hall–Kier alpha value is -0.320. The molecular weight excluding hydrogens is 208 g/mol. The summed E-state index contributed by atoms with van der Waals surface area (Å²) in [6.07, 6.45) is 1.31. The van der Waals surface area contributed by atoms with Gasteiger partial charge in [0.25, 0.3) is 0 Å². The number of halogens is 1. The number of hydrogen-bond acceptors (Lipinski definition) is 4. The molecule has 72 valence electrons. The SMILES string of the molecule is CC1OCCC1Nc1nc(Cl)cs1. The van der Waals surface area contributed by atoms with E-state index in [4.69, 9.17) is 16.3 Å². The molecule has 0 bridgehead atoms. The maximum Gasteiger partial charge on any atom is 0.184 e. The van der Waals surface area contributed by atoms with Gasteiger partial charge in [0.2, 0.25) is 0 Å². The van der Waals surface area contributed by atoms with Crippen molar-refractivity contribution in [2.75, 3.05) is 11.9 Å². The number of aromatic nitrogens is 1. The minimum atomic E-state index is 0.266. The van der Waals surface area contributed by atoms with E-state index in [2.05, 4.69) is 17.2 Å². The van der Waals surface area contributed by atoms with Crippen molar-refractivity contribution in [2.24, 2.45) is 0 Å². The van der Waals surface area contributed by atoms with Crippen LogP contribution in [0.1, 0.15) is 13.3 Å². The first-order valence-corrected chi connectivity index (χ1v) is 5.50. The Balaban J connectivity index is 1.97. The van der Waals surface area contributed by atoms with Crippen LogP contribution in [0.25, 0.3) is 0 Å². The van der Waals surface area contributed by atoms with Crippen LogP contribution in [0.15, 0.2) is 5.38 Å². The highest BCUT2D eigenvalue weighted by Crippen LogP contribution is 2.23. The summed E-state index contributed by atoms with van der Waals surface area (Å²) in [4.78, 5) is 4.13. The van der Waals surface area contributed by atoms with Gasteiger partial charge < -0.3 is 10.1 Å². The van der Waals surface area contributed by atoms with Crippen molar-refractivity contribution in [1.82, 2.24) is 4.98 Å². The summed E-state index contributed by atoms with van der Waals surface area (Å²) in [6.45, 7) is 2.90. The molecule has 2 unspecified atom stereocenters. The number of hydrogen-bond donors (Lipinski definition) is 1. The molecule has 1 fully saturated rings. The molecule has 0 spiro atoms. The van der Waals surface area contributed by atoms with E-state index in [0.717, 1.165) is 18.2 Å². The second-order valence-electron chi connectivity index (χ2n) is 3.09. The number of nitrogens with zero attached hydrogens (tertiary/aromatic N) is 1. The summed E-state index contributed by atoms with van der Waals surface area (Å²) in [7, 11) is 0. The largest absolute Gasteiger partial charge is 0.376 e. The zero-order valence-corrected chi connectivity index (χ0v) is 8.86. The van der Waals surface area contributed by atoms with Gasteiger partial charge in [-0.1, -0.05) is 11.6 Å². The van der Waals surface area contributed by atoms with Crippen molar-refractivity contribution in [1.29, 1.82) is 0 Å². The van der Waals surface area contributed by atoms with Crippen LogP contribution in [0.3, 0.4) is 0 Å². The monoisotopic (exact) mass is 218 g/mol. The second-order valence-corrected chi connectivity index (χ2v) is 4.34. The van der Waals surface area contributed by atoms with Gasteiger partial charge in [0, 0.05) is 12.0 Å². The van der Waals surface area contributed by atoms with Crippen molar-refractivity contribution >= 4 is 28.1 Å².